The minimum Gasteiger partial charge on any atom is -0.381 e. The monoisotopic (exact) mass is 205 g/mol. The smallest absolute Gasteiger partial charge is 0.165 e. The van der Waals surface area contributed by atoms with Crippen molar-refractivity contribution in [3.05, 3.63) is 29.3 Å². The summed E-state index contributed by atoms with van der Waals surface area (Å²) < 4.78 is 8.13. The number of nitrogen functional groups attached to an aromatic ring is 1. The van der Waals surface area contributed by atoms with Crippen molar-refractivity contribution in [1.82, 2.24) is 8.75 Å². The van der Waals surface area contributed by atoms with Crippen molar-refractivity contribution >= 4 is 17.5 Å². The van der Waals surface area contributed by atoms with Crippen molar-refractivity contribution in [2.24, 2.45) is 0 Å². The first-order chi connectivity index (χ1) is 6.66. The Bertz CT molecular complexity index is 442. The molecule has 1 heterocycles. The molecule has 0 radical (unpaired) electrons. The van der Waals surface area contributed by atoms with Gasteiger partial charge in [-0.2, -0.15) is 8.75 Å². The molecular formula is C10H11N3S. The fourth-order valence-electron chi connectivity index (χ4n) is 1.51. The van der Waals surface area contributed by atoms with E-state index in [1.54, 1.807) is 0 Å². The van der Waals surface area contributed by atoms with Crippen LogP contribution in [0.15, 0.2) is 18.2 Å². The second kappa shape index (κ2) is 3.38. The van der Waals surface area contributed by atoms with E-state index >= 15 is 0 Å². The molecule has 0 spiro atoms. The maximum absolute atomic E-state index is 5.71. The van der Waals surface area contributed by atoms with Gasteiger partial charge in [-0.3, -0.25) is 0 Å². The van der Waals surface area contributed by atoms with Crippen LogP contribution in [0.5, 0.6) is 0 Å². The molecule has 72 valence electrons. The van der Waals surface area contributed by atoms with Gasteiger partial charge in [-0.1, -0.05) is 17.2 Å². The number of rotatable bonds is 1. The maximum Gasteiger partial charge on any atom is 0.165 e. The lowest BCUT2D eigenvalue weighted by Crippen LogP contribution is -1.89. The third-order valence-electron chi connectivity index (χ3n) is 2.01. The Morgan fingerprint density at radius 1 is 1.07 bits per heavy atom. The fraction of sp³-hybridized carbons (Fsp3) is 0.200. The Hall–Kier alpha value is -1.42. The van der Waals surface area contributed by atoms with Gasteiger partial charge in [0.1, 0.15) is 5.69 Å². The molecule has 0 aliphatic heterocycles. The Morgan fingerprint density at radius 2 is 1.71 bits per heavy atom. The van der Waals surface area contributed by atoms with Gasteiger partial charge in [0.25, 0.3) is 0 Å². The van der Waals surface area contributed by atoms with Gasteiger partial charge in [-0.25, -0.2) is 0 Å². The number of anilines is 1. The van der Waals surface area contributed by atoms with Gasteiger partial charge >= 0.3 is 0 Å². The number of aryl methyl sites for hydroxylation is 2. The van der Waals surface area contributed by atoms with Crippen molar-refractivity contribution in [2.75, 3.05) is 5.73 Å². The Labute approximate surface area is 86.9 Å². The van der Waals surface area contributed by atoms with E-state index in [0.717, 1.165) is 23.0 Å². The van der Waals surface area contributed by atoms with Crippen LogP contribution in [0, 0.1) is 13.8 Å². The molecule has 0 saturated heterocycles. The molecule has 0 unspecified atom stereocenters. The minimum absolute atomic E-state index is 0.514. The quantitative estimate of drug-likeness (QED) is 0.777. The average molecular weight is 205 g/mol. The molecule has 0 fully saturated rings. The average Bonchev–Trinajstić information content (AvgIpc) is 2.49. The molecule has 0 bridgehead atoms. The summed E-state index contributed by atoms with van der Waals surface area (Å²) in [6, 6.07) is 6.26. The summed E-state index contributed by atoms with van der Waals surface area (Å²) in [4.78, 5) is 0. The molecular weight excluding hydrogens is 194 g/mol. The highest BCUT2D eigenvalue weighted by molar-refractivity contribution is 6.99. The third-order valence-corrected chi connectivity index (χ3v) is 2.55. The number of nitrogens with zero attached hydrogens (tertiary/aromatic N) is 2. The number of hydrogen-bond acceptors (Lipinski definition) is 4. The summed E-state index contributed by atoms with van der Waals surface area (Å²) in [6.45, 7) is 4.12. The van der Waals surface area contributed by atoms with Crippen LogP contribution < -0.4 is 5.73 Å². The van der Waals surface area contributed by atoms with Gasteiger partial charge < -0.3 is 5.73 Å². The van der Waals surface area contributed by atoms with Crippen molar-refractivity contribution in [3.63, 3.8) is 0 Å². The highest BCUT2D eigenvalue weighted by Gasteiger charge is 2.07. The molecule has 1 aromatic heterocycles. The molecule has 3 nitrogen and oxygen atoms in total. The van der Waals surface area contributed by atoms with Gasteiger partial charge in [0.2, 0.25) is 0 Å². The van der Waals surface area contributed by atoms with E-state index in [4.69, 9.17) is 5.73 Å². The van der Waals surface area contributed by atoms with Crippen LogP contribution >= 0.6 is 11.7 Å². The zero-order valence-electron chi connectivity index (χ0n) is 8.11. The molecule has 1 aromatic carbocycles. The second-order valence-corrected chi connectivity index (χ2v) is 3.90. The zero-order chi connectivity index (χ0) is 10.1. The van der Waals surface area contributed by atoms with Crippen LogP contribution in [0.4, 0.5) is 5.82 Å². The molecule has 4 heteroatoms. The van der Waals surface area contributed by atoms with Gasteiger partial charge in [0.05, 0.1) is 11.7 Å². The van der Waals surface area contributed by atoms with Crippen molar-refractivity contribution in [2.45, 2.75) is 13.8 Å². The molecule has 0 amide bonds. The van der Waals surface area contributed by atoms with E-state index in [1.165, 1.54) is 11.1 Å². The van der Waals surface area contributed by atoms with Gasteiger partial charge in [-0.05, 0) is 26.0 Å². The van der Waals surface area contributed by atoms with Gasteiger partial charge in [0.15, 0.2) is 5.82 Å². The largest absolute Gasteiger partial charge is 0.381 e. The molecule has 2 rings (SSSR count). The third kappa shape index (κ3) is 1.61. The lowest BCUT2D eigenvalue weighted by atomic mass is 10.1. The molecule has 2 N–H and O–H groups in total. The molecule has 0 aliphatic carbocycles. The van der Waals surface area contributed by atoms with E-state index in [-0.39, 0.29) is 0 Å². The molecule has 14 heavy (non-hydrogen) atoms. The molecule has 0 aliphatic rings. The fourth-order valence-corrected chi connectivity index (χ4v) is 2.00. The van der Waals surface area contributed by atoms with Crippen molar-refractivity contribution in [1.29, 1.82) is 0 Å². The zero-order valence-corrected chi connectivity index (χ0v) is 8.93. The predicted octanol–water partition coefficient (Wildman–Crippen LogP) is 2.40. The maximum atomic E-state index is 5.71. The number of hydrogen-bond donors (Lipinski definition) is 1. The first-order valence-corrected chi connectivity index (χ1v) is 5.06. The molecule has 0 saturated carbocycles. The Balaban J connectivity index is 2.57. The highest BCUT2D eigenvalue weighted by Crippen LogP contribution is 2.25. The Kier molecular flexibility index (Phi) is 2.21. The van der Waals surface area contributed by atoms with Crippen LogP contribution in [-0.4, -0.2) is 8.75 Å². The van der Waals surface area contributed by atoms with Gasteiger partial charge in [-0.15, -0.1) is 0 Å². The standard InChI is InChI=1S/C10H11N3S/c1-6-3-7(2)5-8(4-6)9-10(11)13-14-12-9/h3-5H,1-2H3,(H2,11,13). The molecule has 0 atom stereocenters. The summed E-state index contributed by atoms with van der Waals surface area (Å²) >= 11 is 1.15. The normalized spacial score (nSPS) is 10.4. The van der Waals surface area contributed by atoms with Crippen molar-refractivity contribution in [3.8, 4) is 11.3 Å². The first kappa shape index (κ1) is 9.15. The number of benzene rings is 1. The van der Waals surface area contributed by atoms with E-state index in [9.17, 15) is 0 Å². The van der Waals surface area contributed by atoms with E-state index in [1.807, 2.05) is 0 Å². The lowest BCUT2D eigenvalue weighted by molar-refractivity contribution is 1.37. The van der Waals surface area contributed by atoms with Crippen LogP contribution in [0.25, 0.3) is 11.3 Å². The first-order valence-electron chi connectivity index (χ1n) is 4.33. The number of nitrogens with two attached hydrogens (primary N) is 1. The number of aromatic nitrogens is 2. The second-order valence-electron chi connectivity index (χ2n) is 3.37. The Morgan fingerprint density at radius 3 is 2.21 bits per heavy atom. The van der Waals surface area contributed by atoms with Crippen molar-refractivity contribution < 1.29 is 0 Å². The van der Waals surface area contributed by atoms with Crippen LogP contribution in [0.2, 0.25) is 0 Å². The minimum atomic E-state index is 0.514. The summed E-state index contributed by atoms with van der Waals surface area (Å²) in [6.07, 6.45) is 0. The van der Waals surface area contributed by atoms with E-state index in [0.29, 0.717) is 5.82 Å². The lowest BCUT2D eigenvalue weighted by Gasteiger charge is -2.01. The topological polar surface area (TPSA) is 51.8 Å². The predicted molar refractivity (Wildman–Crippen MR) is 59.2 cm³/mol. The highest BCUT2D eigenvalue weighted by atomic mass is 32.1. The van der Waals surface area contributed by atoms with Crippen LogP contribution in [0.1, 0.15) is 11.1 Å². The summed E-state index contributed by atoms with van der Waals surface area (Å²) in [7, 11) is 0. The summed E-state index contributed by atoms with van der Waals surface area (Å²) in [5, 5.41) is 0. The van der Waals surface area contributed by atoms with Gasteiger partial charge in [0, 0.05) is 5.56 Å². The summed E-state index contributed by atoms with van der Waals surface area (Å²) in [5.41, 5.74) is 9.98. The molecule has 2 aromatic rings. The van der Waals surface area contributed by atoms with E-state index < -0.39 is 0 Å². The van der Waals surface area contributed by atoms with Crippen LogP contribution in [0.3, 0.4) is 0 Å². The summed E-state index contributed by atoms with van der Waals surface area (Å²) in [5.74, 6) is 0.514. The van der Waals surface area contributed by atoms with E-state index in [2.05, 4.69) is 40.8 Å². The van der Waals surface area contributed by atoms with Crippen LogP contribution in [-0.2, 0) is 0 Å². The SMILES string of the molecule is Cc1cc(C)cc(-c2nsnc2N)c1.